The monoisotopic (exact) mass is 291 g/mol. The standard InChI is InChI=1S/C17H19F2NO/c1-12(2)11-21-15-7-4-6-14(9-15)20-10-13-5-3-8-16(18)17(13)19/h3-9,12,20H,10-11H2,1-2H3. The zero-order valence-corrected chi connectivity index (χ0v) is 12.2. The second-order valence-corrected chi connectivity index (χ2v) is 5.30. The van der Waals surface area contributed by atoms with Gasteiger partial charge in [-0.15, -0.1) is 0 Å². The number of rotatable bonds is 6. The molecule has 0 radical (unpaired) electrons. The highest BCUT2D eigenvalue weighted by Gasteiger charge is 2.07. The molecule has 0 aliphatic carbocycles. The molecule has 2 aromatic carbocycles. The van der Waals surface area contributed by atoms with Crippen LogP contribution in [0.15, 0.2) is 42.5 Å². The number of nitrogens with one attached hydrogen (secondary N) is 1. The van der Waals surface area contributed by atoms with Crippen molar-refractivity contribution in [2.75, 3.05) is 11.9 Å². The summed E-state index contributed by atoms with van der Waals surface area (Å²) in [6, 6.07) is 11.6. The van der Waals surface area contributed by atoms with Crippen LogP contribution in [0.1, 0.15) is 19.4 Å². The third-order valence-corrected chi connectivity index (χ3v) is 2.93. The highest BCUT2D eigenvalue weighted by Crippen LogP contribution is 2.19. The van der Waals surface area contributed by atoms with Gasteiger partial charge < -0.3 is 10.1 Å². The molecule has 112 valence electrons. The van der Waals surface area contributed by atoms with Crippen molar-refractivity contribution in [3.05, 3.63) is 59.7 Å². The fourth-order valence-corrected chi connectivity index (χ4v) is 1.84. The minimum atomic E-state index is -0.830. The van der Waals surface area contributed by atoms with E-state index < -0.39 is 11.6 Å². The first-order valence-corrected chi connectivity index (χ1v) is 6.96. The Morgan fingerprint density at radius 3 is 2.62 bits per heavy atom. The van der Waals surface area contributed by atoms with Crippen molar-refractivity contribution in [3.8, 4) is 5.75 Å². The lowest BCUT2D eigenvalue weighted by molar-refractivity contribution is 0.271. The van der Waals surface area contributed by atoms with Gasteiger partial charge in [-0.25, -0.2) is 8.78 Å². The lowest BCUT2D eigenvalue weighted by Crippen LogP contribution is -2.06. The maximum Gasteiger partial charge on any atom is 0.163 e. The number of hydrogen-bond donors (Lipinski definition) is 1. The number of ether oxygens (including phenoxy) is 1. The molecule has 2 rings (SSSR count). The van der Waals surface area contributed by atoms with Crippen LogP contribution in [0.3, 0.4) is 0 Å². The van der Waals surface area contributed by atoms with Crippen molar-refractivity contribution in [1.29, 1.82) is 0 Å². The van der Waals surface area contributed by atoms with Gasteiger partial charge in [0.05, 0.1) is 6.61 Å². The zero-order chi connectivity index (χ0) is 15.2. The Labute approximate surface area is 123 Å². The topological polar surface area (TPSA) is 21.3 Å². The van der Waals surface area contributed by atoms with Crippen LogP contribution in [0, 0.1) is 17.6 Å². The summed E-state index contributed by atoms with van der Waals surface area (Å²) >= 11 is 0. The molecule has 0 aliphatic heterocycles. The SMILES string of the molecule is CC(C)COc1cccc(NCc2cccc(F)c2F)c1. The molecule has 2 nitrogen and oxygen atoms in total. The number of hydrogen-bond acceptors (Lipinski definition) is 2. The van der Waals surface area contributed by atoms with E-state index in [-0.39, 0.29) is 6.54 Å². The van der Waals surface area contributed by atoms with E-state index in [1.807, 2.05) is 24.3 Å². The largest absolute Gasteiger partial charge is 0.493 e. The molecule has 0 saturated carbocycles. The van der Waals surface area contributed by atoms with E-state index >= 15 is 0 Å². The average molecular weight is 291 g/mol. The highest BCUT2D eigenvalue weighted by molar-refractivity contribution is 5.48. The molecule has 0 aromatic heterocycles. The first-order chi connectivity index (χ1) is 10.1. The average Bonchev–Trinajstić information content (AvgIpc) is 2.47. The van der Waals surface area contributed by atoms with Gasteiger partial charge in [0.25, 0.3) is 0 Å². The lowest BCUT2D eigenvalue weighted by Gasteiger charge is -2.11. The molecular weight excluding hydrogens is 272 g/mol. The summed E-state index contributed by atoms with van der Waals surface area (Å²) < 4.78 is 32.3. The summed E-state index contributed by atoms with van der Waals surface area (Å²) in [5.74, 6) is -0.433. The molecule has 0 aliphatic rings. The molecule has 1 N–H and O–H groups in total. The summed E-state index contributed by atoms with van der Waals surface area (Å²) in [7, 11) is 0. The predicted octanol–water partition coefficient (Wildman–Crippen LogP) is 4.61. The Morgan fingerprint density at radius 1 is 1.10 bits per heavy atom. The predicted molar refractivity (Wildman–Crippen MR) is 80.5 cm³/mol. The zero-order valence-electron chi connectivity index (χ0n) is 12.2. The third-order valence-electron chi connectivity index (χ3n) is 2.93. The van der Waals surface area contributed by atoms with Gasteiger partial charge in [-0.1, -0.05) is 32.0 Å². The molecule has 0 saturated heterocycles. The second-order valence-electron chi connectivity index (χ2n) is 5.30. The van der Waals surface area contributed by atoms with Gasteiger partial charge in [0.15, 0.2) is 11.6 Å². The van der Waals surface area contributed by atoms with E-state index in [1.54, 1.807) is 6.07 Å². The van der Waals surface area contributed by atoms with E-state index in [9.17, 15) is 8.78 Å². The molecule has 0 spiro atoms. The van der Waals surface area contributed by atoms with Gasteiger partial charge in [-0.3, -0.25) is 0 Å². The molecule has 21 heavy (non-hydrogen) atoms. The third kappa shape index (κ3) is 4.45. The molecular formula is C17H19F2NO. The van der Waals surface area contributed by atoms with Crippen molar-refractivity contribution in [2.24, 2.45) is 5.92 Å². The molecule has 2 aromatic rings. The molecule has 0 amide bonds. The molecule has 0 fully saturated rings. The van der Waals surface area contributed by atoms with Crippen molar-refractivity contribution < 1.29 is 13.5 Å². The van der Waals surface area contributed by atoms with Crippen molar-refractivity contribution in [2.45, 2.75) is 20.4 Å². The summed E-state index contributed by atoms with van der Waals surface area (Å²) in [5.41, 5.74) is 1.10. The van der Waals surface area contributed by atoms with Crippen LogP contribution < -0.4 is 10.1 Å². The van der Waals surface area contributed by atoms with Crippen molar-refractivity contribution in [1.82, 2.24) is 0 Å². The van der Waals surface area contributed by atoms with Crippen LogP contribution in [-0.2, 0) is 6.54 Å². The van der Waals surface area contributed by atoms with Gasteiger partial charge in [0.2, 0.25) is 0 Å². The Hall–Kier alpha value is -2.10. The minimum absolute atomic E-state index is 0.219. The minimum Gasteiger partial charge on any atom is -0.493 e. The van der Waals surface area contributed by atoms with E-state index in [1.165, 1.54) is 6.07 Å². The fraction of sp³-hybridized carbons (Fsp3) is 0.294. The molecule has 0 heterocycles. The van der Waals surface area contributed by atoms with Crippen molar-refractivity contribution >= 4 is 5.69 Å². The highest BCUT2D eigenvalue weighted by atomic mass is 19.2. The van der Waals surface area contributed by atoms with Crippen LogP contribution >= 0.6 is 0 Å². The number of benzene rings is 2. The Bertz CT molecular complexity index is 599. The molecule has 0 bridgehead atoms. The van der Waals surface area contributed by atoms with Crippen molar-refractivity contribution in [3.63, 3.8) is 0 Å². The van der Waals surface area contributed by atoms with Crippen LogP contribution in [0.5, 0.6) is 5.75 Å². The van der Waals surface area contributed by atoms with Crippen LogP contribution in [0.2, 0.25) is 0 Å². The van der Waals surface area contributed by atoms with E-state index in [2.05, 4.69) is 19.2 Å². The maximum absolute atomic E-state index is 13.6. The summed E-state index contributed by atoms with van der Waals surface area (Å²) in [5, 5.41) is 3.07. The van der Waals surface area contributed by atoms with E-state index in [0.29, 0.717) is 18.1 Å². The van der Waals surface area contributed by atoms with Gasteiger partial charge in [-0.2, -0.15) is 0 Å². The smallest absolute Gasteiger partial charge is 0.163 e. The first-order valence-electron chi connectivity index (χ1n) is 6.96. The maximum atomic E-state index is 13.6. The summed E-state index contributed by atoms with van der Waals surface area (Å²) in [4.78, 5) is 0. The molecule has 4 heteroatoms. The Morgan fingerprint density at radius 2 is 1.86 bits per heavy atom. The lowest BCUT2D eigenvalue weighted by atomic mass is 10.2. The Kier molecular flexibility index (Phi) is 5.14. The molecule has 0 atom stereocenters. The normalized spacial score (nSPS) is 10.7. The number of anilines is 1. The Balaban J connectivity index is 2.00. The van der Waals surface area contributed by atoms with E-state index in [4.69, 9.17) is 4.74 Å². The second kappa shape index (κ2) is 7.07. The first kappa shape index (κ1) is 15.3. The van der Waals surface area contributed by atoms with Gasteiger partial charge >= 0.3 is 0 Å². The van der Waals surface area contributed by atoms with Crippen LogP contribution in [0.25, 0.3) is 0 Å². The fourth-order valence-electron chi connectivity index (χ4n) is 1.84. The molecule has 0 unspecified atom stereocenters. The summed E-state index contributed by atoms with van der Waals surface area (Å²) in [6.45, 7) is 5.02. The quantitative estimate of drug-likeness (QED) is 0.839. The van der Waals surface area contributed by atoms with Gasteiger partial charge in [0.1, 0.15) is 5.75 Å². The van der Waals surface area contributed by atoms with Crippen LogP contribution in [0.4, 0.5) is 14.5 Å². The number of halogens is 2. The van der Waals surface area contributed by atoms with Gasteiger partial charge in [0, 0.05) is 23.9 Å². The van der Waals surface area contributed by atoms with E-state index in [0.717, 1.165) is 17.5 Å². The summed E-state index contributed by atoms with van der Waals surface area (Å²) in [6.07, 6.45) is 0. The van der Waals surface area contributed by atoms with Gasteiger partial charge in [-0.05, 0) is 24.1 Å². The van der Waals surface area contributed by atoms with Crippen LogP contribution in [-0.4, -0.2) is 6.61 Å².